The van der Waals surface area contributed by atoms with E-state index in [2.05, 4.69) is 15.1 Å². The zero-order valence-electron chi connectivity index (χ0n) is 11.4. The second kappa shape index (κ2) is 5.32. The molecule has 3 heterocycles. The first-order valence-electron chi connectivity index (χ1n) is 6.63. The Kier molecular flexibility index (Phi) is 3.35. The minimum atomic E-state index is -1.02. The minimum Gasteiger partial charge on any atom is -0.478 e. The van der Waals surface area contributed by atoms with Gasteiger partial charge in [0.25, 0.3) is 5.71 Å². The number of aromatic nitrogens is 3. The predicted molar refractivity (Wildman–Crippen MR) is 76.0 cm³/mol. The molecule has 6 heteroatoms. The number of nitrogens with zero attached hydrogens (tertiary/aromatic N) is 3. The van der Waals surface area contributed by atoms with Gasteiger partial charge in [-0.1, -0.05) is 18.5 Å². The van der Waals surface area contributed by atoms with Crippen molar-refractivity contribution in [2.24, 2.45) is 0 Å². The molecule has 0 aliphatic carbocycles. The maximum atomic E-state index is 11.5. The quantitative estimate of drug-likeness (QED) is 0.791. The molecule has 0 aliphatic heterocycles. The fraction of sp³-hybridized carbons (Fsp3) is 0.200. The van der Waals surface area contributed by atoms with Crippen LogP contribution in [0, 0.1) is 0 Å². The zero-order chi connectivity index (χ0) is 14.8. The third-order valence-corrected chi connectivity index (χ3v) is 3.19. The number of carbonyl (C=O) groups is 1. The lowest BCUT2D eigenvalue weighted by molar-refractivity contribution is 0.0699. The molecule has 106 valence electrons. The summed E-state index contributed by atoms with van der Waals surface area (Å²) >= 11 is 0. The number of hydrogen-bond acceptors (Lipinski definition) is 5. The molecule has 3 aromatic rings. The molecule has 3 aromatic heterocycles. The largest absolute Gasteiger partial charge is 0.478 e. The van der Waals surface area contributed by atoms with Crippen LogP contribution in [0.1, 0.15) is 29.4 Å². The number of rotatable bonds is 4. The SMILES string of the molecule is CCCc1noc2nc(-c3cccnc3)cc(C(=O)O)c12. The topological polar surface area (TPSA) is 89.1 Å². The summed E-state index contributed by atoms with van der Waals surface area (Å²) in [5.74, 6) is -1.02. The third-order valence-electron chi connectivity index (χ3n) is 3.19. The van der Waals surface area contributed by atoms with Crippen molar-refractivity contribution in [1.29, 1.82) is 0 Å². The summed E-state index contributed by atoms with van der Waals surface area (Å²) in [6.07, 6.45) is 4.78. The highest BCUT2D eigenvalue weighted by atomic mass is 16.5. The normalized spacial score (nSPS) is 10.9. The van der Waals surface area contributed by atoms with E-state index < -0.39 is 5.97 Å². The smallest absolute Gasteiger partial charge is 0.336 e. The van der Waals surface area contributed by atoms with Gasteiger partial charge in [0, 0.05) is 18.0 Å². The standard InChI is InChI=1S/C15H13N3O3/c1-2-4-11-13-10(15(19)20)7-12(17-14(13)21-18-11)9-5-3-6-16-8-9/h3,5-8H,2,4H2,1H3,(H,19,20). The highest BCUT2D eigenvalue weighted by Gasteiger charge is 2.20. The number of fused-ring (bicyclic) bond motifs is 1. The molecule has 0 bridgehead atoms. The van der Waals surface area contributed by atoms with Crippen LogP contribution in [0.25, 0.3) is 22.4 Å². The van der Waals surface area contributed by atoms with Crippen LogP contribution in [0.3, 0.4) is 0 Å². The van der Waals surface area contributed by atoms with Crippen LogP contribution in [0.5, 0.6) is 0 Å². The van der Waals surface area contributed by atoms with Crippen molar-refractivity contribution in [2.75, 3.05) is 0 Å². The predicted octanol–water partition coefficient (Wildman–Crippen LogP) is 2.94. The lowest BCUT2D eigenvalue weighted by Gasteiger charge is -2.03. The van der Waals surface area contributed by atoms with Crippen LogP contribution < -0.4 is 0 Å². The Morgan fingerprint density at radius 1 is 1.43 bits per heavy atom. The van der Waals surface area contributed by atoms with Crippen molar-refractivity contribution in [2.45, 2.75) is 19.8 Å². The van der Waals surface area contributed by atoms with Gasteiger partial charge in [0.15, 0.2) is 0 Å². The Hall–Kier alpha value is -2.76. The van der Waals surface area contributed by atoms with Crippen LogP contribution in [-0.2, 0) is 6.42 Å². The summed E-state index contributed by atoms with van der Waals surface area (Å²) in [5, 5.41) is 13.9. The van der Waals surface area contributed by atoms with Crippen LogP contribution in [-0.4, -0.2) is 26.2 Å². The number of carboxylic acid groups (broad SMARTS) is 1. The van der Waals surface area contributed by atoms with Gasteiger partial charge in [0.1, 0.15) is 0 Å². The highest BCUT2D eigenvalue weighted by Crippen LogP contribution is 2.27. The Balaban J connectivity index is 2.25. The van der Waals surface area contributed by atoms with Crippen molar-refractivity contribution in [3.63, 3.8) is 0 Å². The molecular formula is C15H13N3O3. The summed E-state index contributed by atoms with van der Waals surface area (Å²) in [6.45, 7) is 2.00. The second-order valence-corrected chi connectivity index (χ2v) is 4.66. The van der Waals surface area contributed by atoms with Crippen molar-refractivity contribution in [3.05, 3.63) is 41.9 Å². The van der Waals surface area contributed by atoms with Gasteiger partial charge < -0.3 is 9.63 Å². The van der Waals surface area contributed by atoms with Gasteiger partial charge >= 0.3 is 5.97 Å². The summed E-state index contributed by atoms with van der Waals surface area (Å²) in [6, 6.07) is 5.12. The monoisotopic (exact) mass is 283 g/mol. The molecule has 0 fully saturated rings. The molecule has 6 nitrogen and oxygen atoms in total. The summed E-state index contributed by atoms with van der Waals surface area (Å²) < 4.78 is 5.21. The zero-order valence-corrected chi connectivity index (χ0v) is 11.4. The average Bonchev–Trinajstić information content (AvgIpc) is 2.91. The molecule has 0 unspecified atom stereocenters. The van der Waals surface area contributed by atoms with Crippen LogP contribution in [0.2, 0.25) is 0 Å². The average molecular weight is 283 g/mol. The van der Waals surface area contributed by atoms with Crippen LogP contribution in [0.15, 0.2) is 35.1 Å². The van der Waals surface area contributed by atoms with E-state index >= 15 is 0 Å². The molecule has 0 radical (unpaired) electrons. The fourth-order valence-corrected chi connectivity index (χ4v) is 2.25. The molecule has 0 aliphatic rings. The summed E-state index contributed by atoms with van der Waals surface area (Å²) in [7, 11) is 0. The van der Waals surface area contributed by atoms with Gasteiger partial charge in [-0.3, -0.25) is 4.98 Å². The van der Waals surface area contributed by atoms with E-state index in [0.29, 0.717) is 23.2 Å². The van der Waals surface area contributed by atoms with Crippen molar-refractivity contribution >= 4 is 17.1 Å². The van der Waals surface area contributed by atoms with E-state index in [1.807, 2.05) is 13.0 Å². The van der Waals surface area contributed by atoms with Crippen molar-refractivity contribution in [3.8, 4) is 11.3 Å². The van der Waals surface area contributed by atoms with Gasteiger partial charge in [-0.05, 0) is 24.6 Å². The molecule has 3 rings (SSSR count). The maximum absolute atomic E-state index is 11.5. The lowest BCUT2D eigenvalue weighted by atomic mass is 10.1. The van der Waals surface area contributed by atoms with E-state index in [4.69, 9.17) is 4.52 Å². The lowest BCUT2D eigenvalue weighted by Crippen LogP contribution is -2.01. The van der Waals surface area contributed by atoms with Crippen molar-refractivity contribution < 1.29 is 14.4 Å². The number of aryl methyl sites for hydroxylation is 1. The Bertz CT molecular complexity index is 797. The Morgan fingerprint density at radius 3 is 2.95 bits per heavy atom. The first kappa shape index (κ1) is 13.2. The van der Waals surface area contributed by atoms with Crippen LogP contribution in [0.4, 0.5) is 0 Å². The van der Waals surface area contributed by atoms with E-state index in [1.54, 1.807) is 18.5 Å². The van der Waals surface area contributed by atoms with Crippen LogP contribution >= 0.6 is 0 Å². The first-order valence-corrected chi connectivity index (χ1v) is 6.63. The molecule has 0 spiro atoms. The molecule has 0 saturated carbocycles. The Morgan fingerprint density at radius 2 is 2.29 bits per heavy atom. The minimum absolute atomic E-state index is 0.156. The Labute approximate surface area is 120 Å². The van der Waals surface area contributed by atoms with Gasteiger partial charge in [-0.25, -0.2) is 9.78 Å². The van der Waals surface area contributed by atoms with E-state index in [1.165, 1.54) is 6.07 Å². The summed E-state index contributed by atoms with van der Waals surface area (Å²) in [5.41, 5.74) is 2.28. The molecule has 21 heavy (non-hydrogen) atoms. The first-order chi connectivity index (χ1) is 10.2. The summed E-state index contributed by atoms with van der Waals surface area (Å²) in [4.78, 5) is 19.9. The van der Waals surface area contributed by atoms with E-state index in [9.17, 15) is 9.90 Å². The molecular weight excluding hydrogens is 270 g/mol. The second-order valence-electron chi connectivity index (χ2n) is 4.66. The molecule has 0 saturated heterocycles. The maximum Gasteiger partial charge on any atom is 0.336 e. The van der Waals surface area contributed by atoms with Gasteiger partial charge in [0.05, 0.1) is 22.3 Å². The number of aromatic carboxylic acids is 1. The van der Waals surface area contributed by atoms with Crippen molar-refractivity contribution in [1.82, 2.24) is 15.1 Å². The molecule has 1 N–H and O–H groups in total. The van der Waals surface area contributed by atoms with E-state index in [-0.39, 0.29) is 11.3 Å². The van der Waals surface area contributed by atoms with Gasteiger partial charge in [-0.15, -0.1) is 0 Å². The number of carboxylic acids is 1. The number of pyridine rings is 2. The van der Waals surface area contributed by atoms with Gasteiger partial charge in [-0.2, -0.15) is 0 Å². The van der Waals surface area contributed by atoms with Gasteiger partial charge in [0.2, 0.25) is 0 Å². The highest BCUT2D eigenvalue weighted by molar-refractivity contribution is 6.03. The molecule has 0 aromatic carbocycles. The van der Waals surface area contributed by atoms with E-state index in [0.717, 1.165) is 12.0 Å². The number of hydrogen-bond donors (Lipinski definition) is 1. The molecule has 0 atom stereocenters. The third kappa shape index (κ3) is 2.35. The molecule has 0 amide bonds. The fourth-order valence-electron chi connectivity index (χ4n) is 2.25.